The topological polar surface area (TPSA) is 132 Å². The average molecular weight is 399 g/mol. The molecule has 2 N–H and O–H groups in total. The van der Waals surface area contributed by atoms with Crippen molar-refractivity contribution in [1.82, 2.24) is 15.5 Å². The Morgan fingerprint density at radius 3 is 2.54 bits per heavy atom. The fraction of sp³-hybridized carbons (Fsp3) is 0.0588. The molecule has 3 aromatic rings. The first kappa shape index (κ1) is 18.9. The minimum Gasteiger partial charge on any atom is -0.484 e. The molecule has 0 radical (unpaired) electrons. The van der Waals surface area contributed by atoms with Crippen LogP contribution in [0.1, 0.15) is 0 Å². The van der Waals surface area contributed by atoms with Gasteiger partial charge >= 0.3 is 6.01 Å². The zero-order valence-corrected chi connectivity index (χ0v) is 15.0. The van der Waals surface area contributed by atoms with Gasteiger partial charge in [-0.15, -0.1) is 5.10 Å². The van der Waals surface area contributed by atoms with Crippen molar-refractivity contribution in [2.45, 2.75) is 0 Å². The minimum absolute atomic E-state index is 0.0282. The summed E-state index contributed by atoms with van der Waals surface area (Å²) in [5.41, 5.74) is 0.672. The molecular weight excluding hydrogens is 386 g/mol. The Hall–Kier alpha value is -3.86. The number of hydrogen-bond donors (Lipinski definition) is 2. The number of hydrogen-bond acceptors (Lipinski definition) is 8. The van der Waals surface area contributed by atoms with Crippen molar-refractivity contribution in [3.8, 4) is 17.2 Å². The third-order valence-electron chi connectivity index (χ3n) is 3.34. The van der Waals surface area contributed by atoms with Crippen LogP contribution in [0.15, 0.2) is 59.0 Å². The van der Waals surface area contributed by atoms with Gasteiger partial charge in [-0.25, -0.2) is 0 Å². The van der Waals surface area contributed by atoms with E-state index in [-0.39, 0.29) is 23.4 Å². The highest BCUT2D eigenvalue weighted by molar-refractivity contribution is 7.80. The number of non-ortho nitro benzene ring substituents is 1. The molecule has 0 bridgehead atoms. The van der Waals surface area contributed by atoms with E-state index in [0.29, 0.717) is 11.6 Å². The predicted molar refractivity (Wildman–Crippen MR) is 103 cm³/mol. The molecule has 11 heteroatoms. The quantitative estimate of drug-likeness (QED) is 0.364. The number of nitrogens with one attached hydrogen (secondary N) is 2. The van der Waals surface area contributed by atoms with Crippen molar-refractivity contribution in [2.24, 2.45) is 0 Å². The van der Waals surface area contributed by atoms with Gasteiger partial charge < -0.3 is 9.15 Å². The number of nitrogens with zero attached hydrogens (tertiary/aromatic N) is 3. The Bertz CT molecular complexity index is 991. The highest BCUT2D eigenvalue weighted by Crippen LogP contribution is 2.19. The number of nitro groups is 1. The van der Waals surface area contributed by atoms with Crippen molar-refractivity contribution >= 4 is 34.9 Å². The first-order chi connectivity index (χ1) is 13.5. The second-order valence-corrected chi connectivity index (χ2v) is 5.73. The maximum Gasteiger partial charge on any atom is 0.322 e. The van der Waals surface area contributed by atoms with Crippen molar-refractivity contribution < 1.29 is 18.9 Å². The van der Waals surface area contributed by atoms with Crippen LogP contribution in [0.5, 0.6) is 5.75 Å². The molecule has 1 aromatic heterocycles. The third kappa shape index (κ3) is 5.08. The smallest absolute Gasteiger partial charge is 0.322 e. The number of nitro benzene ring substituents is 1. The number of thiocarbonyl (C=S) groups is 1. The van der Waals surface area contributed by atoms with Crippen molar-refractivity contribution in [3.05, 3.63) is 64.7 Å². The molecule has 1 heterocycles. The van der Waals surface area contributed by atoms with E-state index in [9.17, 15) is 14.9 Å². The van der Waals surface area contributed by atoms with Crippen molar-refractivity contribution in [1.29, 1.82) is 0 Å². The molecule has 0 atom stereocenters. The second-order valence-electron chi connectivity index (χ2n) is 5.32. The Labute approximate surface area is 163 Å². The fourth-order valence-corrected chi connectivity index (χ4v) is 2.28. The lowest BCUT2D eigenvalue weighted by Crippen LogP contribution is -2.37. The van der Waals surface area contributed by atoms with Crippen LogP contribution in [0.4, 0.5) is 11.7 Å². The molecule has 0 saturated carbocycles. The molecule has 0 fully saturated rings. The highest BCUT2D eigenvalue weighted by Gasteiger charge is 2.12. The molecule has 3 rings (SSSR count). The van der Waals surface area contributed by atoms with E-state index in [2.05, 4.69) is 20.8 Å². The van der Waals surface area contributed by atoms with Gasteiger partial charge in [0.15, 0.2) is 11.7 Å². The number of carbonyl (C=O) groups is 1. The lowest BCUT2D eigenvalue weighted by Gasteiger charge is -2.08. The van der Waals surface area contributed by atoms with Crippen molar-refractivity contribution in [2.75, 3.05) is 11.9 Å². The van der Waals surface area contributed by atoms with Gasteiger partial charge in [0.1, 0.15) is 5.75 Å². The van der Waals surface area contributed by atoms with Gasteiger partial charge in [0, 0.05) is 17.7 Å². The molecule has 1 amide bonds. The first-order valence-corrected chi connectivity index (χ1v) is 8.29. The Morgan fingerprint density at radius 2 is 1.86 bits per heavy atom. The maximum atomic E-state index is 11.9. The molecule has 2 aromatic carbocycles. The van der Waals surface area contributed by atoms with Crippen LogP contribution in [0.2, 0.25) is 0 Å². The van der Waals surface area contributed by atoms with Crippen LogP contribution in [0.25, 0.3) is 11.5 Å². The highest BCUT2D eigenvalue weighted by atomic mass is 32.1. The summed E-state index contributed by atoms with van der Waals surface area (Å²) in [5, 5.41) is 23.3. The number of carbonyl (C=O) groups excluding carboxylic acids is 1. The summed E-state index contributed by atoms with van der Waals surface area (Å²) in [4.78, 5) is 21.9. The van der Waals surface area contributed by atoms with Gasteiger partial charge in [-0.1, -0.05) is 23.3 Å². The molecule has 28 heavy (non-hydrogen) atoms. The zero-order valence-electron chi connectivity index (χ0n) is 14.2. The van der Waals surface area contributed by atoms with E-state index in [4.69, 9.17) is 21.4 Å². The Morgan fingerprint density at radius 1 is 1.14 bits per heavy atom. The maximum absolute atomic E-state index is 11.9. The summed E-state index contributed by atoms with van der Waals surface area (Å²) < 4.78 is 10.7. The molecule has 0 unspecified atom stereocenters. The zero-order chi connectivity index (χ0) is 19.9. The van der Waals surface area contributed by atoms with Gasteiger partial charge in [-0.3, -0.25) is 25.5 Å². The van der Waals surface area contributed by atoms with Crippen LogP contribution >= 0.6 is 12.2 Å². The second kappa shape index (κ2) is 8.68. The monoisotopic (exact) mass is 399 g/mol. The standard InChI is InChI=1S/C17H13N5O5S/c23-14(10-26-13-8-6-12(7-9-13)22(24)25)18-17(28)19-16-21-20-15(27-16)11-4-2-1-3-5-11/h1-9H,10H2,(H2,18,19,21,23,28). The summed E-state index contributed by atoms with van der Waals surface area (Å²) in [6.07, 6.45) is 0. The van der Waals surface area contributed by atoms with Gasteiger partial charge in [0.05, 0.1) is 4.92 Å². The fourth-order valence-electron chi connectivity index (χ4n) is 2.08. The lowest BCUT2D eigenvalue weighted by molar-refractivity contribution is -0.384. The largest absolute Gasteiger partial charge is 0.484 e. The number of anilines is 1. The molecule has 0 aliphatic carbocycles. The van der Waals surface area contributed by atoms with Crippen LogP contribution in [0.3, 0.4) is 0 Å². The first-order valence-electron chi connectivity index (χ1n) is 7.88. The Kier molecular flexibility index (Phi) is 5.87. The summed E-state index contributed by atoms with van der Waals surface area (Å²) in [6, 6.07) is 14.5. The molecule has 0 aliphatic heterocycles. The molecular formula is C17H13N5O5S. The van der Waals surface area contributed by atoms with E-state index in [1.54, 1.807) is 0 Å². The van der Waals surface area contributed by atoms with Crippen LogP contribution in [-0.4, -0.2) is 32.7 Å². The van der Waals surface area contributed by atoms with E-state index in [1.807, 2.05) is 30.3 Å². The predicted octanol–water partition coefficient (Wildman–Crippen LogP) is 2.54. The number of ether oxygens (including phenoxy) is 1. The number of aromatic nitrogens is 2. The van der Waals surface area contributed by atoms with Crippen LogP contribution < -0.4 is 15.4 Å². The summed E-state index contributed by atoms with van der Waals surface area (Å²) in [6.45, 7) is -0.335. The summed E-state index contributed by atoms with van der Waals surface area (Å²) >= 11 is 5.01. The number of benzene rings is 2. The normalized spacial score (nSPS) is 10.1. The average Bonchev–Trinajstić information content (AvgIpc) is 3.15. The number of amides is 1. The van der Waals surface area contributed by atoms with E-state index >= 15 is 0 Å². The summed E-state index contributed by atoms with van der Waals surface area (Å²) in [5.74, 6) is 0.0846. The van der Waals surface area contributed by atoms with E-state index in [1.165, 1.54) is 24.3 Å². The SMILES string of the molecule is O=C(COc1ccc([N+](=O)[O-])cc1)NC(=S)Nc1nnc(-c2ccccc2)o1. The lowest BCUT2D eigenvalue weighted by atomic mass is 10.2. The minimum atomic E-state index is -0.529. The van der Waals surface area contributed by atoms with Crippen LogP contribution in [0, 0.1) is 10.1 Å². The van der Waals surface area contributed by atoms with Gasteiger partial charge in [0.2, 0.25) is 5.89 Å². The van der Waals surface area contributed by atoms with Gasteiger partial charge in [-0.05, 0) is 36.5 Å². The molecule has 0 aliphatic rings. The van der Waals surface area contributed by atoms with Gasteiger partial charge in [0.25, 0.3) is 11.6 Å². The number of rotatable bonds is 6. The molecule has 0 saturated heterocycles. The van der Waals surface area contributed by atoms with Crippen LogP contribution in [-0.2, 0) is 4.79 Å². The van der Waals surface area contributed by atoms with Crippen molar-refractivity contribution in [3.63, 3.8) is 0 Å². The van der Waals surface area contributed by atoms with Gasteiger partial charge in [-0.2, -0.15) is 0 Å². The molecule has 0 spiro atoms. The summed E-state index contributed by atoms with van der Waals surface area (Å²) in [7, 11) is 0. The molecule has 10 nitrogen and oxygen atoms in total. The Balaban J connectivity index is 1.47. The third-order valence-corrected chi connectivity index (χ3v) is 3.54. The van der Waals surface area contributed by atoms with E-state index in [0.717, 1.165) is 5.56 Å². The van der Waals surface area contributed by atoms with E-state index < -0.39 is 10.8 Å². The molecule has 142 valence electrons.